The second-order valence-corrected chi connectivity index (χ2v) is 12.7. The van der Waals surface area contributed by atoms with Crippen molar-refractivity contribution in [1.29, 1.82) is 0 Å². The van der Waals surface area contributed by atoms with Crippen LogP contribution in [0, 0.1) is 5.92 Å². The molecule has 44 heavy (non-hydrogen) atoms. The van der Waals surface area contributed by atoms with Gasteiger partial charge in [0.1, 0.15) is 6.61 Å². The lowest BCUT2D eigenvalue weighted by Gasteiger charge is -2.30. The molecular weight excluding hydrogens is 538 g/mol. The van der Waals surface area contributed by atoms with Crippen molar-refractivity contribution in [3.63, 3.8) is 0 Å². The zero-order chi connectivity index (χ0) is 31.5. The van der Waals surface area contributed by atoms with E-state index in [9.17, 15) is 5.11 Å². The predicted octanol–water partition coefficient (Wildman–Crippen LogP) is 10.9. The summed E-state index contributed by atoms with van der Waals surface area (Å²) in [5.41, 5.74) is 12.0. The van der Waals surface area contributed by atoms with Gasteiger partial charge in [-0.15, -0.1) is 0 Å². The molecule has 0 amide bonds. The monoisotopic (exact) mass is 591 g/mol. The van der Waals surface area contributed by atoms with Gasteiger partial charge in [0, 0.05) is 11.3 Å². The fourth-order valence-corrected chi connectivity index (χ4v) is 6.13. The van der Waals surface area contributed by atoms with Crippen LogP contribution in [0.4, 0.5) is 5.69 Å². The first-order chi connectivity index (χ1) is 21.3. The minimum Gasteiger partial charge on any atom is -0.494 e. The Kier molecular flexibility index (Phi) is 12.5. The molecule has 1 aliphatic rings. The molecule has 2 N–H and O–H groups in total. The molecule has 0 aliphatic carbocycles. The Morgan fingerprint density at radius 2 is 1.68 bits per heavy atom. The zero-order valence-electron chi connectivity index (χ0n) is 27.8. The molecule has 0 fully saturated rings. The van der Waals surface area contributed by atoms with Crippen LogP contribution in [0.2, 0.25) is 0 Å². The van der Waals surface area contributed by atoms with Gasteiger partial charge in [0.15, 0.2) is 0 Å². The maximum atomic E-state index is 9.68. The summed E-state index contributed by atoms with van der Waals surface area (Å²) in [5.74, 6) is 1.30. The number of allylic oxidation sites excluding steroid dienone is 2. The SMILES string of the molecule is CCCCc1cc(CCCC)c(/C=C/CO/C(C)=C\C(C)O)c(C2C=C(CC(C)C)c3cc(-c4ccccc4)ccc3N2)c1. The number of anilines is 1. The molecule has 0 bridgehead atoms. The van der Waals surface area contributed by atoms with Gasteiger partial charge in [-0.25, -0.2) is 0 Å². The summed E-state index contributed by atoms with van der Waals surface area (Å²) in [7, 11) is 0. The average Bonchev–Trinajstić information content (AvgIpc) is 3.00. The summed E-state index contributed by atoms with van der Waals surface area (Å²) in [5, 5.41) is 13.6. The molecule has 1 heterocycles. The first-order valence-corrected chi connectivity index (χ1v) is 16.8. The van der Waals surface area contributed by atoms with Gasteiger partial charge in [-0.1, -0.05) is 101 Å². The molecule has 3 nitrogen and oxygen atoms in total. The quantitative estimate of drug-likeness (QED) is 0.173. The van der Waals surface area contributed by atoms with E-state index in [0.29, 0.717) is 12.5 Å². The smallest absolute Gasteiger partial charge is 0.106 e. The second kappa shape index (κ2) is 16.5. The molecule has 234 valence electrons. The molecule has 0 aromatic heterocycles. The number of aliphatic hydroxyl groups is 1. The number of aliphatic hydroxyl groups excluding tert-OH is 1. The number of ether oxygens (including phenoxy) is 1. The molecule has 0 radical (unpaired) electrons. The average molecular weight is 592 g/mol. The van der Waals surface area contributed by atoms with E-state index in [0.717, 1.165) is 25.0 Å². The maximum absolute atomic E-state index is 9.68. The second-order valence-electron chi connectivity index (χ2n) is 12.7. The Bertz CT molecular complexity index is 1440. The molecule has 3 heteroatoms. The Morgan fingerprint density at radius 1 is 0.932 bits per heavy atom. The molecule has 0 saturated carbocycles. The van der Waals surface area contributed by atoms with Gasteiger partial charge >= 0.3 is 0 Å². The van der Waals surface area contributed by atoms with Crippen molar-refractivity contribution in [2.75, 3.05) is 11.9 Å². The van der Waals surface area contributed by atoms with E-state index in [1.165, 1.54) is 75.9 Å². The van der Waals surface area contributed by atoms with Crippen LogP contribution in [0.3, 0.4) is 0 Å². The summed E-state index contributed by atoms with van der Waals surface area (Å²) in [6, 6.07) is 22.6. The third-order valence-electron chi connectivity index (χ3n) is 8.26. The molecule has 1 aliphatic heterocycles. The molecular formula is C41H53NO2. The van der Waals surface area contributed by atoms with Crippen LogP contribution in [0.25, 0.3) is 22.8 Å². The first kappa shape index (κ1) is 33.3. The van der Waals surface area contributed by atoms with Crippen molar-refractivity contribution in [1.82, 2.24) is 0 Å². The van der Waals surface area contributed by atoms with Crippen molar-refractivity contribution in [2.45, 2.75) is 98.6 Å². The third-order valence-corrected chi connectivity index (χ3v) is 8.26. The van der Waals surface area contributed by atoms with Crippen LogP contribution in [-0.4, -0.2) is 17.8 Å². The van der Waals surface area contributed by atoms with E-state index in [4.69, 9.17) is 4.74 Å². The number of rotatable bonds is 15. The highest BCUT2D eigenvalue weighted by molar-refractivity contribution is 5.84. The van der Waals surface area contributed by atoms with Crippen LogP contribution < -0.4 is 5.32 Å². The molecule has 0 spiro atoms. The van der Waals surface area contributed by atoms with Crippen LogP contribution in [0.5, 0.6) is 0 Å². The van der Waals surface area contributed by atoms with Gasteiger partial charge in [-0.3, -0.25) is 0 Å². The van der Waals surface area contributed by atoms with Crippen LogP contribution in [-0.2, 0) is 17.6 Å². The van der Waals surface area contributed by atoms with Gasteiger partial charge in [-0.05, 0) is 115 Å². The van der Waals surface area contributed by atoms with E-state index >= 15 is 0 Å². The third kappa shape index (κ3) is 9.22. The lowest BCUT2D eigenvalue weighted by atomic mass is 9.84. The van der Waals surface area contributed by atoms with E-state index in [1.54, 1.807) is 13.0 Å². The molecule has 0 saturated heterocycles. The molecule has 3 aromatic rings. The molecule has 2 unspecified atom stereocenters. The highest BCUT2D eigenvalue weighted by Gasteiger charge is 2.24. The highest BCUT2D eigenvalue weighted by Crippen LogP contribution is 2.42. The van der Waals surface area contributed by atoms with E-state index in [2.05, 4.69) is 112 Å². The summed E-state index contributed by atoms with van der Waals surface area (Å²) in [6.45, 7) is 13.3. The number of fused-ring (bicyclic) bond motifs is 1. The van der Waals surface area contributed by atoms with E-state index in [1.807, 2.05) is 6.92 Å². The normalized spacial score (nSPS) is 15.7. The van der Waals surface area contributed by atoms with Gasteiger partial charge in [0.2, 0.25) is 0 Å². The van der Waals surface area contributed by atoms with Crippen molar-refractivity contribution in [3.05, 3.63) is 112 Å². The number of benzene rings is 3. The van der Waals surface area contributed by atoms with Crippen molar-refractivity contribution >= 4 is 17.3 Å². The Morgan fingerprint density at radius 3 is 2.39 bits per heavy atom. The predicted molar refractivity (Wildman–Crippen MR) is 190 cm³/mol. The number of nitrogens with one attached hydrogen (secondary N) is 1. The van der Waals surface area contributed by atoms with Crippen molar-refractivity contribution < 1.29 is 9.84 Å². The lowest BCUT2D eigenvalue weighted by molar-refractivity contribution is 0.215. The number of hydrogen-bond acceptors (Lipinski definition) is 3. The summed E-state index contributed by atoms with van der Waals surface area (Å²) >= 11 is 0. The zero-order valence-corrected chi connectivity index (χ0v) is 27.8. The van der Waals surface area contributed by atoms with Crippen molar-refractivity contribution in [2.24, 2.45) is 5.92 Å². The Labute approximate surface area is 266 Å². The minimum absolute atomic E-state index is 0.0817. The number of unbranched alkanes of at least 4 members (excludes halogenated alkanes) is 2. The van der Waals surface area contributed by atoms with Crippen LogP contribution in [0.1, 0.15) is 108 Å². The highest BCUT2D eigenvalue weighted by atomic mass is 16.5. The molecule has 3 aromatic carbocycles. The fourth-order valence-electron chi connectivity index (χ4n) is 6.13. The molecule has 4 rings (SSSR count). The summed E-state index contributed by atoms with van der Waals surface area (Å²) in [4.78, 5) is 0. The van der Waals surface area contributed by atoms with E-state index in [-0.39, 0.29) is 6.04 Å². The number of aryl methyl sites for hydroxylation is 2. The van der Waals surface area contributed by atoms with Crippen LogP contribution >= 0.6 is 0 Å². The lowest BCUT2D eigenvalue weighted by Crippen LogP contribution is -2.17. The van der Waals surface area contributed by atoms with Gasteiger partial charge in [0.05, 0.1) is 17.9 Å². The Hall–Kier alpha value is -3.56. The van der Waals surface area contributed by atoms with Gasteiger partial charge in [0.25, 0.3) is 0 Å². The standard InChI is InChI=1S/C41H53NO2/c1-7-9-15-32-25-35(16-10-8-2)37(19-14-22-44-31(6)24-30(5)43)39(26-32)41-28-36(23-29(3)4)38-27-34(20-21-40(38)42-41)33-17-12-11-13-18-33/h11-14,17-21,24-30,41-43H,7-10,15-16,22-23H2,1-6H3/b19-14+,31-24-. The maximum Gasteiger partial charge on any atom is 0.106 e. The number of hydrogen-bond donors (Lipinski definition) is 2. The first-order valence-electron chi connectivity index (χ1n) is 16.8. The minimum atomic E-state index is -0.516. The van der Waals surface area contributed by atoms with E-state index < -0.39 is 6.10 Å². The van der Waals surface area contributed by atoms with Gasteiger partial charge < -0.3 is 15.2 Å². The summed E-state index contributed by atoms with van der Waals surface area (Å²) in [6.07, 6.45) is 16.0. The topological polar surface area (TPSA) is 41.5 Å². The largest absolute Gasteiger partial charge is 0.494 e. The van der Waals surface area contributed by atoms with Crippen LogP contribution in [0.15, 0.2) is 84.7 Å². The fraction of sp³-hybridized carbons (Fsp3) is 0.415. The van der Waals surface area contributed by atoms with Crippen molar-refractivity contribution in [3.8, 4) is 11.1 Å². The Balaban J connectivity index is 1.78. The summed E-state index contributed by atoms with van der Waals surface area (Å²) < 4.78 is 5.90. The molecule has 2 atom stereocenters. The van der Waals surface area contributed by atoms with Gasteiger partial charge in [-0.2, -0.15) is 0 Å².